The van der Waals surface area contributed by atoms with Crippen molar-refractivity contribution in [3.05, 3.63) is 95.5 Å². The van der Waals surface area contributed by atoms with E-state index in [2.05, 4.69) is 25.6 Å². The molecular formula is C32H30ClFN10O2. The summed E-state index contributed by atoms with van der Waals surface area (Å²) in [4.78, 5) is 19.5. The van der Waals surface area contributed by atoms with E-state index >= 15 is 4.39 Å². The molecule has 46 heavy (non-hydrogen) atoms. The van der Waals surface area contributed by atoms with E-state index in [0.29, 0.717) is 29.9 Å². The summed E-state index contributed by atoms with van der Waals surface area (Å²) < 4.78 is 19.3. The van der Waals surface area contributed by atoms with Gasteiger partial charge in [0.15, 0.2) is 12.0 Å². The van der Waals surface area contributed by atoms with Gasteiger partial charge in [0.05, 0.1) is 28.0 Å². The summed E-state index contributed by atoms with van der Waals surface area (Å²) in [5.41, 5.74) is 9.45. The summed E-state index contributed by atoms with van der Waals surface area (Å²) >= 11 is 6.15. The Morgan fingerprint density at radius 2 is 1.98 bits per heavy atom. The van der Waals surface area contributed by atoms with Crippen LogP contribution >= 0.6 is 11.6 Å². The first-order valence-electron chi connectivity index (χ1n) is 15.2. The molecule has 1 spiro atoms. The molecule has 0 radical (unpaired) electrons. The number of hydrogen-bond acceptors (Lipinski definition) is 8. The zero-order valence-corrected chi connectivity index (χ0v) is 25.4. The van der Waals surface area contributed by atoms with Gasteiger partial charge in [-0.15, -0.1) is 5.10 Å². The van der Waals surface area contributed by atoms with Crippen LogP contribution < -0.4 is 10.5 Å². The lowest BCUT2D eigenvalue weighted by Crippen LogP contribution is -2.36. The van der Waals surface area contributed by atoms with Crippen LogP contribution in [0.1, 0.15) is 37.4 Å². The Balaban J connectivity index is 1.12. The van der Waals surface area contributed by atoms with Crippen molar-refractivity contribution >= 4 is 17.5 Å². The van der Waals surface area contributed by atoms with Gasteiger partial charge in [0.25, 0.3) is 0 Å². The van der Waals surface area contributed by atoms with Gasteiger partial charge < -0.3 is 15.8 Å². The highest BCUT2D eigenvalue weighted by molar-refractivity contribution is 6.31. The minimum absolute atomic E-state index is 0.0423. The summed E-state index contributed by atoms with van der Waals surface area (Å²) in [6.45, 7) is 1.34. The van der Waals surface area contributed by atoms with Gasteiger partial charge in [-0.25, -0.2) is 4.39 Å². The zero-order valence-electron chi connectivity index (χ0n) is 24.7. The smallest absolute Gasteiger partial charge is 0.226 e. The zero-order chi connectivity index (χ0) is 31.6. The quantitative estimate of drug-likeness (QED) is 0.200. The first-order chi connectivity index (χ1) is 22.3. The molecule has 5 aromatic rings. The second-order valence-corrected chi connectivity index (χ2v) is 13.1. The molecule has 4 aromatic heterocycles. The Kier molecular flexibility index (Phi) is 6.83. The molecule has 14 heteroatoms. The van der Waals surface area contributed by atoms with Crippen LogP contribution in [0.15, 0.2) is 73.7 Å². The highest BCUT2D eigenvalue weighted by Gasteiger charge is 2.57. The predicted octanol–water partition coefficient (Wildman–Crippen LogP) is 3.58. The minimum atomic E-state index is -0.693. The normalized spacial score (nSPS) is 21.9. The maximum Gasteiger partial charge on any atom is 0.226 e. The summed E-state index contributed by atoms with van der Waals surface area (Å²) in [6.07, 6.45) is 13.2. The molecule has 4 unspecified atom stereocenters. The van der Waals surface area contributed by atoms with Gasteiger partial charge in [-0.2, -0.15) is 14.5 Å². The van der Waals surface area contributed by atoms with Crippen LogP contribution in [0.25, 0.3) is 27.9 Å². The van der Waals surface area contributed by atoms with E-state index in [1.54, 1.807) is 41.5 Å². The average molecular weight is 641 g/mol. The van der Waals surface area contributed by atoms with E-state index in [9.17, 15) is 10.0 Å². The number of nitrogens with zero attached hydrogens (tertiary/aromatic N) is 9. The van der Waals surface area contributed by atoms with E-state index in [0.717, 1.165) is 41.7 Å². The molecule has 2 aliphatic carbocycles. The summed E-state index contributed by atoms with van der Waals surface area (Å²) in [5, 5.41) is 29.6. The number of aromatic nitrogens is 8. The first kappa shape index (κ1) is 28.7. The third kappa shape index (κ3) is 4.99. The second-order valence-electron chi connectivity index (χ2n) is 12.7. The molecule has 0 bridgehead atoms. The van der Waals surface area contributed by atoms with Crippen molar-refractivity contribution in [3.8, 4) is 27.9 Å². The van der Waals surface area contributed by atoms with Crippen molar-refractivity contribution in [1.82, 2.24) is 39.9 Å². The molecule has 3 aliphatic rings. The fourth-order valence-corrected chi connectivity index (χ4v) is 7.08. The van der Waals surface area contributed by atoms with Gasteiger partial charge in [0, 0.05) is 60.7 Å². The summed E-state index contributed by atoms with van der Waals surface area (Å²) in [7, 11) is 0. The Morgan fingerprint density at radius 3 is 2.70 bits per heavy atom. The number of tetrazole rings is 1. The Bertz CT molecular complexity index is 1930. The molecule has 2 saturated carbocycles. The molecule has 1 aliphatic heterocycles. The van der Waals surface area contributed by atoms with Crippen LogP contribution in [0.2, 0.25) is 5.02 Å². The molecule has 1 saturated heterocycles. The van der Waals surface area contributed by atoms with Crippen LogP contribution in [0.4, 0.5) is 4.39 Å². The van der Waals surface area contributed by atoms with Crippen LogP contribution in [0, 0.1) is 28.3 Å². The van der Waals surface area contributed by atoms with Gasteiger partial charge in [0.1, 0.15) is 12.4 Å². The topological polar surface area (TPSA) is 148 Å². The van der Waals surface area contributed by atoms with Crippen molar-refractivity contribution in [3.63, 3.8) is 0 Å². The van der Waals surface area contributed by atoms with Crippen LogP contribution in [0.5, 0.6) is 0 Å². The molecule has 3 fully saturated rings. The molecule has 1 amide bonds. The molecule has 12 nitrogen and oxygen atoms in total. The summed E-state index contributed by atoms with van der Waals surface area (Å²) in [6, 6.07) is 9.72. The highest BCUT2D eigenvalue weighted by atomic mass is 35.5. The fourth-order valence-electron chi connectivity index (χ4n) is 6.92. The minimum Gasteiger partial charge on any atom is -0.618 e. The Hall–Kier alpha value is -4.75. The number of likely N-dealkylation sites (tertiary alicyclic amines) is 1. The van der Waals surface area contributed by atoms with Crippen LogP contribution in [-0.4, -0.2) is 64.9 Å². The van der Waals surface area contributed by atoms with E-state index < -0.39 is 11.9 Å². The van der Waals surface area contributed by atoms with Gasteiger partial charge in [-0.3, -0.25) is 14.5 Å². The van der Waals surface area contributed by atoms with Crippen molar-refractivity contribution < 1.29 is 13.9 Å². The lowest BCUT2D eigenvalue weighted by molar-refractivity contribution is -0.615. The van der Waals surface area contributed by atoms with E-state index in [-0.39, 0.29) is 39.8 Å². The molecule has 4 atom stereocenters. The molecule has 234 valence electrons. The number of benzene rings is 1. The monoisotopic (exact) mass is 640 g/mol. The number of rotatable bonds is 8. The number of carbonyl (C=O) groups excluding carboxylic acids is 1. The predicted molar refractivity (Wildman–Crippen MR) is 165 cm³/mol. The maximum atomic E-state index is 15.5. The van der Waals surface area contributed by atoms with E-state index in [1.807, 2.05) is 23.2 Å². The van der Waals surface area contributed by atoms with Crippen molar-refractivity contribution in [1.29, 1.82) is 0 Å². The maximum absolute atomic E-state index is 15.5. The Morgan fingerprint density at radius 1 is 1.15 bits per heavy atom. The molecule has 1 aromatic carbocycles. The number of hydrogen-bond donors (Lipinski definition) is 1. The number of amides is 1. The lowest BCUT2D eigenvalue weighted by atomic mass is 10.0. The second kappa shape index (κ2) is 11.0. The van der Waals surface area contributed by atoms with Gasteiger partial charge in [0.2, 0.25) is 11.6 Å². The molecule has 5 heterocycles. The largest absolute Gasteiger partial charge is 0.618 e. The van der Waals surface area contributed by atoms with E-state index in [1.165, 1.54) is 23.3 Å². The number of nitrogens with two attached hydrogens (primary N) is 1. The summed E-state index contributed by atoms with van der Waals surface area (Å²) in [5.74, 6) is -0.577. The fraction of sp³-hybridized carbons (Fsp3) is 0.344. The van der Waals surface area contributed by atoms with Gasteiger partial charge in [-0.1, -0.05) is 11.6 Å². The van der Waals surface area contributed by atoms with Crippen LogP contribution in [0.3, 0.4) is 0 Å². The van der Waals surface area contributed by atoms with Crippen molar-refractivity contribution in [2.45, 2.75) is 37.8 Å². The number of halogens is 2. The van der Waals surface area contributed by atoms with Gasteiger partial charge >= 0.3 is 0 Å². The highest BCUT2D eigenvalue weighted by Crippen LogP contribution is 2.54. The van der Waals surface area contributed by atoms with Gasteiger partial charge in [-0.05, 0) is 77.9 Å². The SMILES string of the molecule is NC1CN(C(=O)C2CC2CC(c2ccc(-c3c(-n4cnnn4)ccc(Cl)c3F)c[n+]2[O-])n2cc(-c3ccncc3)cn2)CC12CC2. The molecule has 8 rings (SSSR count). The van der Waals surface area contributed by atoms with Crippen molar-refractivity contribution in [2.24, 2.45) is 23.0 Å². The lowest BCUT2D eigenvalue weighted by Gasteiger charge is -2.19. The van der Waals surface area contributed by atoms with Crippen LogP contribution in [-0.2, 0) is 4.79 Å². The number of pyridine rings is 2. The molecule has 2 N–H and O–H groups in total. The standard InChI is InChI=1S/C32H30ClFN10O2/c33-24-2-4-26(43-18-37-39-40-43)29(30(24)34)20-1-3-25(44(46)15-20)27(42-14-22(13-38-42)19-5-9-36-10-6-19)12-21-11-23(21)31(45)41-16-28(35)32(17-41)7-8-32/h1-6,9-10,13-15,18,21,23,27-28H,7-8,11-12,16-17,35H2. The first-order valence-corrected chi connectivity index (χ1v) is 15.6. The average Bonchev–Trinajstić information content (AvgIpc) is 3.80. The third-order valence-electron chi connectivity index (χ3n) is 9.86. The number of carbonyl (C=O) groups is 1. The Labute approximate surface area is 268 Å². The third-order valence-corrected chi connectivity index (χ3v) is 10.1. The van der Waals surface area contributed by atoms with E-state index in [4.69, 9.17) is 17.3 Å². The molecular weight excluding hydrogens is 611 g/mol. The van der Waals surface area contributed by atoms with Crippen molar-refractivity contribution in [2.75, 3.05) is 13.1 Å².